The van der Waals surface area contributed by atoms with Gasteiger partial charge in [-0.05, 0) is 23.6 Å². The van der Waals surface area contributed by atoms with Gasteiger partial charge in [0.15, 0.2) is 0 Å². The first-order chi connectivity index (χ1) is 14.9. The lowest BCUT2D eigenvalue weighted by Gasteiger charge is -2.27. The number of rotatable bonds is 5. The first-order valence-corrected chi connectivity index (χ1v) is 11.6. The highest BCUT2D eigenvalue weighted by molar-refractivity contribution is 7.87. The van der Waals surface area contributed by atoms with Crippen molar-refractivity contribution in [2.24, 2.45) is 7.05 Å². The molecule has 0 atom stereocenters. The van der Waals surface area contributed by atoms with Gasteiger partial charge in [0.05, 0.1) is 31.0 Å². The summed E-state index contributed by atoms with van der Waals surface area (Å²) in [5.41, 5.74) is 4.03. The summed E-state index contributed by atoms with van der Waals surface area (Å²) in [6.07, 6.45) is 7.59. The molecule has 162 valence electrons. The Morgan fingerprint density at radius 3 is 2.90 bits per heavy atom. The zero-order valence-electron chi connectivity index (χ0n) is 17.3. The van der Waals surface area contributed by atoms with E-state index in [1.807, 2.05) is 23.9 Å². The van der Waals surface area contributed by atoms with Crippen molar-refractivity contribution in [3.8, 4) is 0 Å². The molecule has 5 rings (SSSR count). The molecule has 1 aliphatic heterocycles. The summed E-state index contributed by atoms with van der Waals surface area (Å²) in [7, 11) is -1.73. The first kappa shape index (κ1) is 19.9. The van der Waals surface area contributed by atoms with Crippen LogP contribution in [-0.4, -0.2) is 50.1 Å². The summed E-state index contributed by atoms with van der Waals surface area (Å²) in [5, 5.41) is 6.22. The Hall–Kier alpha value is -3.02. The Balaban J connectivity index is 1.56. The van der Waals surface area contributed by atoms with Crippen LogP contribution >= 0.6 is 0 Å². The molecule has 10 nitrogen and oxygen atoms in total. The molecule has 11 heteroatoms. The molecule has 1 aliphatic rings. The molecule has 0 unspecified atom stereocenters. The lowest BCUT2D eigenvalue weighted by molar-refractivity contribution is 0.376. The van der Waals surface area contributed by atoms with Crippen LogP contribution in [0.2, 0.25) is 0 Å². The number of nitrogens with one attached hydrogen (secondary N) is 2. The Bertz CT molecular complexity index is 1470. The summed E-state index contributed by atoms with van der Waals surface area (Å²) in [5.74, 6) is 0. The van der Waals surface area contributed by atoms with Crippen molar-refractivity contribution in [1.29, 1.82) is 0 Å². The third-order valence-corrected chi connectivity index (χ3v) is 7.57. The average Bonchev–Trinajstić information content (AvgIpc) is 3.29. The van der Waals surface area contributed by atoms with Gasteiger partial charge in [-0.2, -0.15) is 17.8 Å². The molecule has 0 bridgehead atoms. The van der Waals surface area contributed by atoms with E-state index in [0.717, 1.165) is 33.1 Å². The van der Waals surface area contributed by atoms with Crippen molar-refractivity contribution in [3.05, 3.63) is 58.0 Å². The van der Waals surface area contributed by atoms with Crippen molar-refractivity contribution in [3.63, 3.8) is 0 Å². The van der Waals surface area contributed by atoms with Crippen LogP contribution in [0.4, 0.5) is 0 Å². The number of pyridine rings is 1. The second-order valence-corrected chi connectivity index (χ2v) is 9.43. The molecule has 0 fully saturated rings. The highest BCUT2D eigenvalue weighted by Gasteiger charge is 2.30. The highest BCUT2D eigenvalue weighted by atomic mass is 32.2. The van der Waals surface area contributed by atoms with Crippen LogP contribution in [0, 0.1) is 0 Å². The molecule has 0 spiro atoms. The molecule has 0 amide bonds. The van der Waals surface area contributed by atoms with Crippen molar-refractivity contribution in [2.45, 2.75) is 26.4 Å². The zero-order valence-corrected chi connectivity index (χ0v) is 18.1. The number of aromatic amines is 1. The second kappa shape index (κ2) is 7.29. The van der Waals surface area contributed by atoms with Gasteiger partial charge in [-0.3, -0.25) is 9.78 Å². The molecule has 2 N–H and O–H groups in total. The van der Waals surface area contributed by atoms with E-state index in [0.29, 0.717) is 31.6 Å². The van der Waals surface area contributed by atoms with E-state index in [1.54, 1.807) is 25.5 Å². The second-order valence-electron chi connectivity index (χ2n) is 7.68. The summed E-state index contributed by atoms with van der Waals surface area (Å²) in [6, 6.07) is 1.91. The third kappa shape index (κ3) is 3.16. The number of aryl methyl sites for hydroxylation is 1. The van der Waals surface area contributed by atoms with E-state index < -0.39 is 10.2 Å². The molecule has 0 aromatic carbocycles. The number of fused-ring (bicyclic) bond motifs is 4. The van der Waals surface area contributed by atoms with E-state index in [4.69, 9.17) is 0 Å². The van der Waals surface area contributed by atoms with E-state index in [9.17, 15) is 13.2 Å². The molecular weight excluding hydrogens is 418 g/mol. The van der Waals surface area contributed by atoms with Crippen LogP contribution in [0.15, 0.2) is 35.6 Å². The van der Waals surface area contributed by atoms with Gasteiger partial charge in [0.25, 0.3) is 15.8 Å². The Morgan fingerprint density at radius 2 is 2.10 bits per heavy atom. The zero-order chi connectivity index (χ0) is 21.8. The van der Waals surface area contributed by atoms with Gasteiger partial charge in [-0.15, -0.1) is 0 Å². The minimum Gasteiger partial charge on any atom is -0.360 e. The monoisotopic (exact) mass is 441 g/mol. The van der Waals surface area contributed by atoms with Crippen LogP contribution in [0.3, 0.4) is 0 Å². The molecule has 31 heavy (non-hydrogen) atoms. The average molecular weight is 442 g/mol. The van der Waals surface area contributed by atoms with Crippen LogP contribution in [-0.2, 0) is 36.8 Å². The molecule has 0 aliphatic carbocycles. The Labute approximate surface area is 178 Å². The maximum absolute atomic E-state index is 13.3. The van der Waals surface area contributed by atoms with Gasteiger partial charge < -0.3 is 9.55 Å². The van der Waals surface area contributed by atoms with E-state index in [2.05, 4.69) is 19.8 Å². The minimum absolute atomic E-state index is 0.195. The SMILES string of the molecule is CCNS(=O)(=O)N1CCc2c(n(C)c3c(=O)n(Cc4c[nH]c5cnccc45)ncc23)C1. The predicted molar refractivity (Wildman–Crippen MR) is 117 cm³/mol. The maximum Gasteiger partial charge on any atom is 0.291 e. The van der Waals surface area contributed by atoms with Gasteiger partial charge in [0, 0.05) is 49.0 Å². The molecule has 0 saturated heterocycles. The van der Waals surface area contributed by atoms with Crippen molar-refractivity contribution in [2.75, 3.05) is 13.1 Å². The van der Waals surface area contributed by atoms with Gasteiger partial charge in [-0.1, -0.05) is 6.92 Å². The fourth-order valence-corrected chi connectivity index (χ4v) is 5.57. The number of hydrogen-bond acceptors (Lipinski definition) is 5. The van der Waals surface area contributed by atoms with Crippen LogP contribution in [0.5, 0.6) is 0 Å². The molecule has 0 radical (unpaired) electrons. The first-order valence-electron chi connectivity index (χ1n) is 10.1. The van der Waals surface area contributed by atoms with Crippen molar-refractivity contribution < 1.29 is 8.42 Å². The number of H-pyrrole nitrogens is 1. The smallest absolute Gasteiger partial charge is 0.291 e. The molecule has 4 aromatic heterocycles. The summed E-state index contributed by atoms with van der Waals surface area (Å²) >= 11 is 0. The number of aromatic nitrogens is 5. The molecule has 4 aromatic rings. The van der Waals surface area contributed by atoms with E-state index in [-0.39, 0.29) is 12.1 Å². The summed E-state index contributed by atoms with van der Waals surface area (Å²) in [6.45, 7) is 3.01. The lowest BCUT2D eigenvalue weighted by Crippen LogP contribution is -2.43. The van der Waals surface area contributed by atoms with Crippen LogP contribution in [0.25, 0.3) is 21.8 Å². The fraction of sp³-hybridized carbons (Fsp3) is 0.350. The van der Waals surface area contributed by atoms with Gasteiger partial charge >= 0.3 is 0 Å². The quantitative estimate of drug-likeness (QED) is 0.477. The largest absolute Gasteiger partial charge is 0.360 e. The van der Waals surface area contributed by atoms with Crippen LogP contribution in [0.1, 0.15) is 23.7 Å². The van der Waals surface area contributed by atoms with Gasteiger partial charge in [-0.25, -0.2) is 9.40 Å². The standard InChI is InChI=1S/C20H23N7O3S/c1-3-24-31(29,30)26-7-5-15-16-9-23-27(20(28)19(16)25(2)18(15)12-26)11-13-8-22-17-10-21-6-4-14(13)17/h4,6,8-10,22,24H,3,5,7,11-12H2,1-2H3. The highest BCUT2D eigenvalue weighted by Crippen LogP contribution is 2.29. The number of hydrogen-bond donors (Lipinski definition) is 2. The molecule has 0 saturated carbocycles. The molecule has 5 heterocycles. The lowest BCUT2D eigenvalue weighted by atomic mass is 10.1. The predicted octanol–water partition coefficient (Wildman–Crippen LogP) is 0.872. The Morgan fingerprint density at radius 1 is 1.26 bits per heavy atom. The third-order valence-electron chi connectivity index (χ3n) is 5.93. The maximum atomic E-state index is 13.3. The normalized spacial score (nSPS) is 15.0. The van der Waals surface area contributed by atoms with Crippen LogP contribution < -0.4 is 10.3 Å². The fourth-order valence-electron chi connectivity index (χ4n) is 4.40. The van der Waals surface area contributed by atoms with Crippen molar-refractivity contribution in [1.82, 2.24) is 33.3 Å². The van der Waals surface area contributed by atoms with E-state index in [1.165, 1.54) is 8.99 Å². The number of nitrogens with zero attached hydrogens (tertiary/aromatic N) is 5. The van der Waals surface area contributed by atoms with Crippen molar-refractivity contribution >= 4 is 32.0 Å². The van der Waals surface area contributed by atoms with Gasteiger partial charge in [0.1, 0.15) is 5.52 Å². The van der Waals surface area contributed by atoms with Gasteiger partial charge in [0.2, 0.25) is 0 Å². The summed E-state index contributed by atoms with van der Waals surface area (Å²) < 4.78 is 32.1. The molecular formula is C20H23N7O3S. The topological polar surface area (TPSA) is 118 Å². The van der Waals surface area contributed by atoms with E-state index >= 15 is 0 Å². The minimum atomic E-state index is -3.54. The Kier molecular flexibility index (Phi) is 4.68. The summed E-state index contributed by atoms with van der Waals surface area (Å²) in [4.78, 5) is 20.6.